The predicted octanol–water partition coefficient (Wildman–Crippen LogP) is 2.23. The maximum atomic E-state index is 12.4. The second-order valence-corrected chi connectivity index (χ2v) is 6.93. The summed E-state index contributed by atoms with van der Waals surface area (Å²) in [5, 5.41) is 3.26. The molecule has 1 aliphatic heterocycles. The van der Waals surface area contributed by atoms with Crippen LogP contribution in [0.3, 0.4) is 0 Å². The summed E-state index contributed by atoms with van der Waals surface area (Å²) < 4.78 is 27.4. The summed E-state index contributed by atoms with van der Waals surface area (Å²) in [6, 6.07) is 14.9. The lowest BCUT2D eigenvalue weighted by Gasteiger charge is -2.18. The average molecular weight is 339 g/mol. The van der Waals surface area contributed by atoms with Crippen LogP contribution in [0.2, 0.25) is 0 Å². The number of hydrogen-bond acceptors (Lipinski definition) is 3. The standard InChI is InChI=1S/C16H18N2O2S.ClH/c19-21(20,18-11-13-4-2-1-3-5-13)16-7-6-14-8-9-17-12-15(14)10-16;/h1-7,10,17-18H,8-9,11-12H2;1H. The predicted molar refractivity (Wildman–Crippen MR) is 89.6 cm³/mol. The minimum atomic E-state index is -3.47. The van der Waals surface area contributed by atoms with Gasteiger partial charge in [-0.2, -0.15) is 0 Å². The van der Waals surface area contributed by atoms with Crippen LogP contribution in [0, 0.1) is 0 Å². The summed E-state index contributed by atoms with van der Waals surface area (Å²) in [7, 11) is -3.47. The highest BCUT2D eigenvalue weighted by atomic mass is 35.5. The Morgan fingerprint density at radius 2 is 1.82 bits per heavy atom. The molecule has 0 saturated carbocycles. The molecular formula is C16H19ClN2O2S. The second kappa shape index (κ2) is 7.24. The van der Waals surface area contributed by atoms with Gasteiger partial charge in [-0.25, -0.2) is 13.1 Å². The van der Waals surface area contributed by atoms with E-state index in [-0.39, 0.29) is 12.4 Å². The first-order valence-corrected chi connectivity index (χ1v) is 8.49. The molecule has 1 aliphatic rings. The van der Waals surface area contributed by atoms with E-state index in [0.717, 1.165) is 30.6 Å². The molecule has 0 atom stereocenters. The Morgan fingerprint density at radius 1 is 1.05 bits per heavy atom. The SMILES string of the molecule is Cl.O=S(=O)(NCc1ccccc1)c1ccc2c(c1)CNCC2. The summed E-state index contributed by atoms with van der Waals surface area (Å²) in [5.74, 6) is 0. The van der Waals surface area contributed by atoms with Crippen LogP contribution in [0.1, 0.15) is 16.7 Å². The van der Waals surface area contributed by atoms with E-state index in [2.05, 4.69) is 10.0 Å². The molecule has 2 aromatic carbocycles. The molecule has 0 fully saturated rings. The van der Waals surface area contributed by atoms with Gasteiger partial charge in [-0.15, -0.1) is 12.4 Å². The van der Waals surface area contributed by atoms with Crippen molar-refractivity contribution < 1.29 is 8.42 Å². The molecular weight excluding hydrogens is 320 g/mol. The summed E-state index contributed by atoms with van der Waals surface area (Å²) in [4.78, 5) is 0.334. The van der Waals surface area contributed by atoms with E-state index in [1.807, 2.05) is 36.4 Å². The molecule has 1 heterocycles. The maximum absolute atomic E-state index is 12.4. The molecule has 0 saturated heterocycles. The zero-order valence-corrected chi connectivity index (χ0v) is 13.7. The highest BCUT2D eigenvalue weighted by Gasteiger charge is 2.17. The lowest BCUT2D eigenvalue weighted by molar-refractivity contribution is 0.580. The van der Waals surface area contributed by atoms with Crippen LogP contribution in [-0.4, -0.2) is 15.0 Å². The normalized spacial score (nSPS) is 14.0. The summed E-state index contributed by atoms with van der Waals surface area (Å²) in [5.41, 5.74) is 3.25. The first-order valence-electron chi connectivity index (χ1n) is 7.01. The topological polar surface area (TPSA) is 58.2 Å². The Kier molecular flexibility index (Phi) is 5.58. The molecule has 0 aliphatic carbocycles. The van der Waals surface area contributed by atoms with E-state index in [9.17, 15) is 8.42 Å². The molecule has 0 bridgehead atoms. The van der Waals surface area contributed by atoms with Crippen molar-refractivity contribution in [2.24, 2.45) is 0 Å². The van der Waals surface area contributed by atoms with Gasteiger partial charge >= 0.3 is 0 Å². The molecule has 0 amide bonds. The van der Waals surface area contributed by atoms with Crippen LogP contribution in [0.25, 0.3) is 0 Å². The van der Waals surface area contributed by atoms with Crippen molar-refractivity contribution in [3.63, 3.8) is 0 Å². The fraction of sp³-hybridized carbons (Fsp3) is 0.250. The van der Waals surface area contributed by atoms with Crippen LogP contribution in [0.4, 0.5) is 0 Å². The van der Waals surface area contributed by atoms with Gasteiger partial charge in [0.25, 0.3) is 0 Å². The van der Waals surface area contributed by atoms with Gasteiger partial charge in [-0.1, -0.05) is 36.4 Å². The van der Waals surface area contributed by atoms with Gasteiger partial charge in [0.05, 0.1) is 4.90 Å². The Bertz CT molecular complexity index is 733. The smallest absolute Gasteiger partial charge is 0.240 e. The maximum Gasteiger partial charge on any atom is 0.240 e. The zero-order valence-electron chi connectivity index (χ0n) is 12.1. The number of rotatable bonds is 4. The summed E-state index contributed by atoms with van der Waals surface area (Å²) in [6.45, 7) is 1.99. The Balaban J connectivity index is 0.00000176. The first kappa shape index (κ1) is 17.0. The third-order valence-corrected chi connectivity index (χ3v) is 5.08. The fourth-order valence-corrected chi connectivity index (χ4v) is 3.55. The summed E-state index contributed by atoms with van der Waals surface area (Å²) in [6.07, 6.45) is 0.951. The lowest BCUT2D eigenvalue weighted by Crippen LogP contribution is -2.26. The van der Waals surface area contributed by atoms with Crippen molar-refractivity contribution in [2.45, 2.75) is 24.4 Å². The highest BCUT2D eigenvalue weighted by Crippen LogP contribution is 2.19. The van der Waals surface area contributed by atoms with Gasteiger partial charge in [0.1, 0.15) is 0 Å². The monoisotopic (exact) mass is 338 g/mol. The van der Waals surface area contributed by atoms with Gasteiger partial charge in [-0.3, -0.25) is 0 Å². The van der Waals surface area contributed by atoms with E-state index < -0.39 is 10.0 Å². The molecule has 2 N–H and O–H groups in total. The van der Waals surface area contributed by atoms with Crippen LogP contribution in [0.15, 0.2) is 53.4 Å². The van der Waals surface area contributed by atoms with Crippen LogP contribution in [-0.2, 0) is 29.5 Å². The largest absolute Gasteiger partial charge is 0.312 e. The fourth-order valence-electron chi connectivity index (χ4n) is 2.48. The molecule has 0 unspecified atom stereocenters. The van der Waals surface area contributed by atoms with Gasteiger partial charge in [0.2, 0.25) is 10.0 Å². The van der Waals surface area contributed by atoms with Crippen molar-refractivity contribution in [3.05, 3.63) is 65.2 Å². The third kappa shape index (κ3) is 3.87. The van der Waals surface area contributed by atoms with Crippen LogP contribution in [0.5, 0.6) is 0 Å². The molecule has 118 valence electrons. The van der Waals surface area contributed by atoms with Crippen molar-refractivity contribution in [1.82, 2.24) is 10.0 Å². The van der Waals surface area contributed by atoms with E-state index in [4.69, 9.17) is 0 Å². The zero-order chi connectivity index (χ0) is 14.7. The molecule has 0 spiro atoms. The Morgan fingerprint density at radius 3 is 2.59 bits per heavy atom. The minimum absolute atomic E-state index is 0. The van der Waals surface area contributed by atoms with Crippen LogP contribution >= 0.6 is 12.4 Å². The van der Waals surface area contributed by atoms with Gasteiger partial charge < -0.3 is 5.32 Å². The van der Waals surface area contributed by atoms with E-state index >= 15 is 0 Å². The molecule has 6 heteroatoms. The summed E-state index contributed by atoms with van der Waals surface area (Å²) >= 11 is 0. The molecule has 22 heavy (non-hydrogen) atoms. The number of sulfonamides is 1. The number of benzene rings is 2. The van der Waals surface area contributed by atoms with E-state index in [0.29, 0.717) is 11.4 Å². The van der Waals surface area contributed by atoms with Crippen molar-refractivity contribution in [2.75, 3.05) is 6.54 Å². The van der Waals surface area contributed by atoms with Gasteiger partial charge in [0.15, 0.2) is 0 Å². The van der Waals surface area contributed by atoms with Crippen LogP contribution < -0.4 is 10.0 Å². The van der Waals surface area contributed by atoms with E-state index in [1.165, 1.54) is 5.56 Å². The Hall–Kier alpha value is -1.40. The van der Waals surface area contributed by atoms with Crippen molar-refractivity contribution >= 4 is 22.4 Å². The molecule has 3 rings (SSSR count). The number of nitrogens with one attached hydrogen (secondary N) is 2. The van der Waals surface area contributed by atoms with Gasteiger partial charge in [0, 0.05) is 13.1 Å². The lowest BCUT2D eigenvalue weighted by atomic mass is 10.0. The Labute approximate surface area is 137 Å². The minimum Gasteiger partial charge on any atom is -0.312 e. The molecule has 2 aromatic rings. The second-order valence-electron chi connectivity index (χ2n) is 5.17. The van der Waals surface area contributed by atoms with Crippen molar-refractivity contribution in [1.29, 1.82) is 0 Å². The molecule has 0 radical (unpaired) electrons. The number of halogens is 1. The molecule has 0 aromatic heterocycles. The first-order chi connectivity index (χ1) is 10.1. The molecule has 4 nitrogen and oxygen atoms in total. The number of hydrogen-bond donors (Lipinski definition) is 2. The van der Waals surface area contributed by atoms with Crippen molar-refractivity contribution in [3.8, 4) is 0 Å². The van der Waals surface area contributed by atoms with E-state index in [1.54, 1.807) is 12.1 Å². The highest BCUT2D eigenvalue weighted by molar-refractivity contribution is 7.89. The van der Waals surface area contributed by atoms with Gasteiger partial charge in [-0.05, 0) is 41.8 Å². The quantitative estimate of drug-likeness (QED) is 0.898. The average Bonchev–Trinajstić information content (AvgIpc) is 2.53. The number of fused-ring (bicyclic) bond motifs is 1. The third-order valence-electron chi connectivity index (χ3n) is 3.68.